The highest BCUT2D eigenvalue weighted by Crippen LogP contribution is 2.52. The van der Waals surface area contributed by atoms with Crippen LogP contribution in [0.15, 0.2) is 42.6 Å². The van der Waals surface area contributed by atoms with Gasteiger partial charge in [-0.15, -0.1) is 0 Å². The van der Waals surface area contributed by atoms with E-state index in [-0.39, 0.29) is 10.8 Å². The lowest BCUT2D eigenvalue weighted by Gasteiger charge is -2.28. The minimum atomic E-state index is 0.105. The van der Waals surface area contributed by atoms with E-state index in [1.165, 1.54) is 33.0 Å². The average molecular weight is 454 g/mol. The molecule has 0 radical (unpaired) electrons. The van der Waals surface area contributed by atoms with E-state index < -0.39 is 0 Å². The molecule has 176 valence electrons. The Hall–Kier alpha value is -2.87. The maximum Gasteiger partial charge on any atom is 0.228 e. The first-order chi connectivity index (χ1) is 16.2. The molecule has 0 amide bonds. The fourth-order valence-corrected chi connectivity index (χ4v) is 5.57. The number of nitrogens with zero attached hydrogens (tertiary/aromatic N) is 1. The monoisotopic (exact) mass is 453 g/mol. The third kappa shape index (κ3) is 3.87. The summed E-state index contributed by atoms with van der Waals surface area (Å²) in [5, 5.41) is 4.76. The number of benzene rings is 3. The van der Waals surface area contributed by atoms with Crippen LogP contribution in [0, 0.1) is 24.7 Å². The Balaban J connectivity index is 1.93. The molecule has 1 aliphatic heterocycles. The maximum atomic E-state index is 8.82. The minimum Gasteiger partial charge on any atom is -0.455 e. The van der Waals surface area contributed by atoms with Crippen molar-refractivity contribution in [3.8, 4) is 22.8 Å². The van der Waals surface area contributed by atoms with Crippen molar-refractivity contribution in [1.29, 1.82) is 0 Å². The van der Waals surface area contributed by atoms with E-state index in [4.69, 9.17) is 6.11 Å². The Kier molecular flexibility index (Phi) is 4.82. The highest BCUT2D eigenvalue weighted by Gasteiger charge is 2.34. The summed E-state index contributed by atoms with van der Waals surface area (Å²) in [4.78, 5) is 0. The van der Waals surface area contributed by atoms with Crippen LogP contribution in [0.4, 0.5) is 0 Å². The molecule has 1 aromatic heterocycles. The van der Waals surface area contributed by atoms with Gasteiger partial charge in [0.05, 0.1) is 10.9 Å². The molecule has 0 saturated carbocycles. The quantitative estimate of drug-likeness (QED) is 0.245. The van der Waals surface area contributed by atoms with Crippen LogP contribution in [0.2, 0.25) is 0 Å². The van der Waals surface area contributed by atoms with Crippen molar-refractivity contribution in [2.75, 3.05) is 0 Å². The van der Waals surface area contributed by atoms with Crippen molar-refractivity contribution in [3.05, 3.63) is 64.8 Å². The molecule has 34 heavy (non-hydrogen) atoms. The second-order valence-corrected chi connectivity index (χ2v) is 12.7. The van der Waals surface area contributed by atoms with Crippen LogP contribution in [0.1, 0.15) is 65.2 Å². The van der Waals surface area contributed by atoms with Gasteiger partial charge in [-0.05, 0) is 70.9 Å². The van der Waals surface area contributed by atoms with Gasteiger partial charge in [-0.1, -0.05) is 71.4 Å². The topological polar surface area (TPSA) is 13.1 Å². The number of ether oxygens (including phenoxy) is 1. The van der Waals surface area contributed by atoms with Gasteiger partial charge in [0, 0.05) is 11.6 Å². The zero-order chi connectivity index (χ0) is 25.4. The molecule has 2 nitrogen and oxygen atoms in total. The molecule has 0 spiro atoms. The van der Waals surface area contributed by atoms with E-state index >= 15 is 0 Å². The zero-order valence-corrected chi connectivity index (χ0v) is 22.2. The molecule has 2 heterocycles. The molecule has 0 fully saturated rings. The minimum absolute atomic E-state index is 0.105. The van der Waals surface area contributed by atoms with Crippen molar-refractivity contribution in [2.24, 2.45) is 17.9 Å². The molecule has 5 rings (SSSR count). The summed E-state index contributed by atoms with van der Waals surface area (Å²) in [6.07, 6.45) is 2.39. The van der Waals surface area contributed by atoms with Crippen molar-refractivity contribution < 1.29 is 10.7 Å². The molecular formula is C32H38NO+. The highest BCUT2D eigenvalue weighted by atomic mass is 16.5. The summed E-state index contributed by atoms with van der Waals surface area (Å²) in [6.45, 7) is 18.1. The fourth-order valence-electron chi connectivity index (χ4n) is 5.57. The summed E-state index contributed by atoms with van der Waals surface area (Å²) < 4.78 is 17.8. The lowest BCUT2D eigenvalue weighted by molar-refractivity contribution is -0.659. The number of fused-ring (bicyclic) bond motifs is 3. The number of rotatable bonds is 2. The predicted octanol–water partition coefficient (Wildman–Crippen LogP) is 8.38. The number of aromatic nitrogens is 1. The van der Waals surface area contributed by atoms with E-state index in [9.17, 15) is 0 Å². The SMILES string of the molecule is [2H]c1cc2cc(CC(C)(C)C)cc3c2c([n+]1C)-c1c(c(CC(C)(C)C)c2ccc(C)cc2c1C)O3. The fraction of sp³-hybridized carbons (Fsp3) is 0.406. The molecule has 4 aromatic rings. The molecule has 2 heteroatoms. The van der Waals surface area contributed by atoms with Gasteiger partial charge < -0.3 is 4.74 Å². The normalized spacial score (nSPS) is 13.7. The second kappa shape index (κ2) is 7.57. The van der Waals surface area contributed by atoms with Crippen LogP contribution in [0.5, 0.6) is 11.5 Å². The van der Waals surface area contributed by atoms with E-state index in [1.54, 1.807) is 0 Å². The first kappa shape index (κ1) is 21.6. The number of hydrogen-bond donors (Lipinski definition) is 0. The van der Waals surface area contributed by atoms with Gasteiger partial charge in [0.15, 0.2) is 6.17 Å². The maximum absolute atomic E-state index is 8.82. The Morgan fingerprint density at radius 1 is 0.882 bits per heavy atom. The molecule has 3 aromatic carbocycles. The van der Waals surface area contributed by atoms with Gasteiger partial charge >= 0.3 is 0 Å². The Morgan fingerprint density at radius 2 is 1.59 bits per heavy atom. The van der Waals surface area contributed by atoms with Crippen LogP contribution in [-0.4, -0.2) is 0 Å². The summed E-state index contributed by atoms with van der Waals surface area (Å²) in [6, 6.07) is 13.3. The van der Waals surface area contributed by atoms with Crippen molar-refractivity contribution in [1.82, 2.24) is 0 Å². The van der Waals surface area contributed by atoms with Crippen molar-refractivity contribution in [2.45, 2.75) is 68.2 Å². The molecule has 0 unspecified atom stereocenters. The average Bonchev–Trinajstić information content (AvgIpc) is 2.72. The van der Waals surface area contributed by atoms with Crippen molar-refractivity contribution >= 4 is 21.5 Å². The Labute approximate surface area is 206 Å². The third-order valence-electron chi connectivity index (χ3n) is 6.85. The summed E-state index contributed by atoms with van der Waals surface area (Å²) in [5.41, 5.74) is 7.52. The molecule has 0 aliphatic carbocycles. The lowest BCUT2D eigenvalue weighted by atomic mass is 9.81. The van der Waals surface area contributed by atoms with Crippen molar-refractivity contribution in [3.63, 3.8) is 0 Å². The summed E-state index contributed by atoms with van der Waals surface area (Å²) >= 11 is 0. The van der Waals surface area contributed by atoms with E-state index in [2.05, 4.69) is 85.7 Å². The molecule has 0 bridgehead atoms. The standard InChI is InChI=1S/C32H38NO/c1-19-10-11-23-24(14-19)20(2)27-29-28-22(12-13-33(29)9)15-21(17-31(3,4)5)16-26(28)34-30(27)25(23)18-32(6,7)8/h10-16H,17-18H2,1-9H3/q+1/i13D. The number of pyridine rings is 1. The first-order valence-corrected chi connectivity index (χ1v) is 12.4. The highest BCUT2D eigenvalue weighted by molar-refractivity contribution is 6.06. The predicted molar refractivity (Wildman–Crippen MR) is 144 cm³/mol. The van der Waals surface area contributed by atoms with Gasteiger partial charge in [-0.3, -0.25) is 0 Å². The molecular weight excluding hydrogens is 414 g/mol. The second-order valence-electron chi connectivity index (χ2n) is 12.7. The molecule has 0 N–H and O–H groups in total. The Bertz CT molecular complexity index is 1520. The van der Waals surface area contributed by atoms with Gasteiger partial charge in [-0.2, -0.15) is 0 Å². The zero-order valence-electron chi connectivity index (χ0n) is 23.2. The lowest BCUT2D eigenvalue weighted by Crippen LogP contribution is -2.32. The van der Waals surface area contributed by atoms with Crippen LogP contribution >= 0.6 is 0 Å². The van der Waals surface area contributed by atoms with Crippen LogP contribution in [0.25, 0.3) is 32.8 Å². The molecule has 0 saturated heterocycles. The summed E-state index contributed by atoms with van der Waals surface area (Å²) in [7, 11) is 2.02. The summed E-state index contributed by atoms with van der Waals surface area (Å²) in [5.74, 6) is 1.89. The van der Waals surface area contributed by atoms with Gasteiger partial charge in [0.1, 0.15) is 19.9 Å². The largest absolute Gasteiger partial charge is 0.455 e. The molecule has 0 atom stereocenters. The van der Waals surface area contributed by atoms with E-state index in [0.29, 0.717) is 6.17 Å². The van der Waals surface area contributed by atoms with Gasteiger partial charge in [0.2, 0.25) is 5.69 Å². The van der Waals surface area contributed by atoms with Crippen LogP contribution in [-0.2, 0) is 19.9 Å². The van der Waals surface area contributed by atoms with Crippen LogP contribution in [0.3, 0.4) is 0 Å². The first-order valence-electron chi connectivity index (χ1n) is 12.9. The Morgan fingerprint density at radius 3 is 2.26 bits per heavy atom. The number of aryl methyl sites for hydroxylation is 2. The van der Waals surface area contributed by atoms with Gasteiger partial charge in [0.25, 0.3) is 0 Å². The van der Waals surface area contributed by atoms with Gasteiger partial charge in [-0.25, -0.2) is 4.57 Å². The van der Waals surface area contributed by atoms with E-state index in [1.807, 2.05) is 17.7 Å². The smallest absolute Gasteiger partial charge is 0.228 e. The number of hydrogen-bond acceptors (Lipinski definition) is 1. The third-order valence-corrected chi connectivity index (χ3v) is 6.85. The molecule has 1 aliphatic rings. The van der Waals surface area contributed by atoms with Crippen LogP contribution < -0.4 is 9.30 Å². The van der Waals surface area contributed by atoms with E-state index in [0.717, 1.165) is 46.4 Å².